The zero-order valence-electron chi connectivity index (χ0n) is 13.3. The molecule has 0 fully saturated rings. The fourth-order valence-corrected chi connectivity index (χ4v) is 3.04. The molecule has 0 saturated heterocycles. The lowest BCUT2D eigenvalue weighted by Crippen LogP contribution is -2.33. The predicted molar refractivity (Wildman–Crippen MR) is 95.0 cm³/mol. The van der Waals surface area contributed by atoms with Crippen molar-refractivity contribution in [1.82, 2.24) is 4.98 Å². The molecule has 2 aromatic carbocycles. The third-order valence-corrected chi connectivity index (χ3v) is 4.19. The maximum absolute atomic E-state index is 13.0. The summed E-state index contributed by atoms with van der Waals surface area (Å²) in [6.07, 6.45) is 1.46. The molecule has 0 saturated carbocycles. The van der Waals surface area contributed by atoms with Gasteiger partial charge < -0.3 is 5.32 Å². The van der Waals surface area contributed by atoms with Crippen molar-refractivity contribution < 1.29 is 4.79 Å². The largest absolute Gasteiger partial charge is 0.361 e. The molecule has 4 heteroatoms. The van der Waals surface area contributed by atoms with E-state index in [0.717, 1.165) is 16.8 Å². The molecule has 1 N–H and O–H groups in total. The maximum atomic E-state index is 13.0. The van der Waals surface area contributed by atoms with Crippen LogP contribution in [-0.2, 0) is 0 Å². The lowest BCUT2D eigenvalue weighted by atomic mass is 10.1. The number of amides is 1. The molecule has 1 amide bonds. The van der Waals surface area contributed by atoms with Crippen LogP contribution in [0.5, 0.6) is 0 Å². The van der Waals surface area contributed by atoms with Crippen molar-refractivity contribution in [3.05, 3.63) is 89.6 Å². The van der Waals surface area contributed by atoms with Crippen LogP contribution in [-0.4, -0.2) is 10.9 Å². The highest BCUT2D eigenvalue weighted by Crippen LogP contribution is 2.37. The lowest BCUT2D eigenvalue weighted by molar-refractivity contribution is 0.0992. The monoisotopic (exact) mass is 315 g/mol. The number of benzene rings is 2. The van der Waals surface area contributed by atoms with Crippen molar-refractivity contribution in [2.75, 3.05) is 10.2 Å². The Hall–Kier alpha value is -3.14. The highest BCUT2D eigenvalue weighted by Gasteiger charge is 2.38. The molecular formula is C20H17N3O. The van der Waals surface area contributed by atoms with Crippen molar-refractivity contribution in [3.63, 3.8) is 0 Å². The molecule has 0 bridgehead atoms. The van der Waals surface area contributed by atoms with Crippen LogP contribution in [0, 0.1) is 6.92 Å². The average molecular weight is 315 g/mol. The third kappa shape index (κ3) is 2.42. The number of para-hydroxylation sites is 1. The van der Waals surface area contributed by atoms with Gasteiger partial charge in [0.15, 0.2) is 0 Å². The second kappa shape index (κ2) is 5.81. The van der Waals surface area contributed by atoms with Gasteiger partial charge in [-0.1, -0.05) is 36.4 Å². The number of carbonyl (C=O) groups excluding carboxylic acids is 1. The summed E-state index contributed by atoms with van der Waals surface area (Å²) in [4.78, 5) is 19.1. The highest BCUT2D eigenvalue weighted by molar-refractivity contribution is 6.11. The first-order valence-electron chi connectivity index (χ1n) is 7.91. The van der Waals surface area contributed by atoms with Gasteiger partial charge in [-0.05, 0) is 42.8 Å². The number of hydrogen-bond acceptors (Lipinski definition) is 3. The summed E-state index contributed by atoms with van der Waals surface area (Å²) in [6, 6.07) is 21.5. The molecule has 24 heavy (non-hydrogen) atoms. The number of aromatic nitrogens is 1. The van der Waals surface area contributed by atoms with E-state index in [0.29, 0.717) is 11.4 Å². The Kier molecular flexibility index (Phi) is 3.50. The molecule has 1 aromatic heterocycles. The molecule has 4 nitrogen and oxygen atoms in total. The molecule has 0 spiro atoms. The van der Waals surface area contributed by atoms with E-state index in [9.17, 15) is 4.79 Å². The zero-order valence-corrected chi connectivity index (χ0v) is 13.3. The molecule has 1 aliphatic rings. The number of aryl methyl sites for hydroxylation is 1. The molecule has 3 aromatic rings. The Balaban J connectivity index is 1.80. The van der Waals surface area contributed by atoms with Crippen LogP contribution in [0.4, 0.5) is 11.5 Å². The maximum Gasteiger partial charge on any atom is 0.261 e. The molecular weight excluding hydrogens is 298 g/mol. The number of nitrogens with zero attached hydrogens (tertiary/aromatic N) is 2. The fraction of sp³-hybridized carbons (Fsp3) is 0.100. The SMILES string of the molecule is Cc1ccnc(N2C(=O)c3ccccc3[C@H]2Nc2ccccc2)c1. The standard InChI is InChI=1S/C20H17N3O/c1-14-11-12-21-18(13-14)23-19(22-15-7-3-2-4-8-15)16-9-5-6-10-17(16)20(23)24/h2-13,19,22H,1H3/t19-/m0/s1. The normalized spacial score (nSPS) is 16.1. The molecule has 1 atom stereocenters. The Morgan fingerprint density at radius 3 is 2.54 bits per heavy atom. The van der Waals surface area contributed by atoms with Gasteiger partial charge in [-0.25, -0.2) is 4.98 Å². The lowest BCUT2D eigenvalue weighted by Gasteiger charge is -2.26. The van der Waals surface area contributed by atoms with E-state index in [-0.39, 0.29) is 12.1 Å². The minimum atomic E-state index is -0.273. The van der Waals surface area contributed by atoms with Crippen molar-refractivity contribution >= 4 is 17.4 Å². The van der Waals surface area contributed by atoms with Crippen LogP contribution in [0.1, 0.15) is 27.7 Å². The molecule has 4 rings (SSSR count). The number of anilines is 2. The van der Waals surface area contributed by atoms with Gasteiger partial charge in [0.1, 0.15) is 12.0 Å². The van der Waals surface area contributed by atoms with Crippen molar-refractivity contribution in [1.29, 1.82) is 0 Å². The number of rotatable bonds is 3. The molecule has 2 heterocycles. The summed E-state index contributed by atoms with van der Waals surface area (Å²) in [7, 11) is 0. The molecule has 0 radical (unpaired) electrons. The highest BCUT2D eigenvalue weighted by atomic mass is 16.2. The van der Waals surface area contributed by atoms with Gasteiger partial charge >= 0.3 is 0 Å². The van der Waals surface area contributed by atoms with E-state index in [1.54, 1.807) is 11.1 Å². The molecule has 118 valence electrons. The minimum Gasteiger partial charge on any atom is -0.361 e. The topological polar surface area (TPSA) is 45.2 Å². The van der Waals surface area contributed by atoms with Crippen LogP contribution in [0.15, 0.2) is 72.9 Å². The third-order valence-electron chi connectivity index (χ3n) is 4.19. The van der Waals surface area contributed by atoms with Gasteiger partial charge in [-0.2, -0.15) is 0 Å². The first kappa shape index (κ1) is 14.5. The molecule has 1 aliphatic heterocycles. The van der Waals surface area contributed by atoms with Crippen LogP contribution in [0.2, 0.25) is 0 Å². The first-order valence-corrected chi connectivity index (χ1v) is 7.91. The van der Waals surface area contributed by atoms with Crippen LogP contribution < -0.4 is 10.2 Å². The Morgan fingerprint density at radius 1 is 1.00 bits per heavy atom. The Morgan fingerprint density at radius 2 is 1.75 bits per heavy atom. The van der Waals surface area contributed by atoms with Crippen molar-refractivity contribution in [2.24, 2.45) is 0 Å². The summed E-state index contributed by atoms with van der Waals surface area (Å²) in [5.74, 6) is 0.627. The summed E-state index contributed by atoms with van der Waals surface area (Å²) in [5, 5.41) is 3.46. The summed E-state index contributed by atoms with van der Waals surface area (Å²) in [5.41, 5.74) is 3.72. The van der Waals surface area contributed by atoms with E-state index < -0.39 is 0 Å². The molecule has 0 unspecified atom stereocenters. The van der Waals surface area contributed by atoms with E-state index in [1.165, 1.54) is 0 Å². The fourth-order valence-electron chi connectivity index (χ4n) is 3.04. The van der Waals surface area contributed by atoms with Crippen molar-refractivity contribution in [3.8, 4) is 0 Å². The van der Waals surface area contributed by atoms with Gasteiger partial charge in [0, 0.05) is 23.0 Å². The Labute approximate surface area is 140 Å². The van der Waals surface area contributed by atoms with Gasteiger partial charge in [-0.15, -0.1) is 0 Å². The van der Waals surface area contributed by atoms with Crippen molar-refractivity contribution in [2.45, 2.75) is 13.1 Å². The van der Waals surface area contributed by atoms with E-state index in [1.807, 2.05) is 73.7 Å². The Bertz CT molecular complexity index is 892. The van der Waals surface area contributed by atoms with Crippen LogP contribution in [0.3, 0.4) is 0 Å². The number of fused-ring (bicyclic) bond motifs is 1. The number of carbonyl (C=O) groups is 1. The van der Waals surface area contributed by atoms with Crippen LogP contribution in [0.25, 0.3) is 0 Å². The summed E-state index contributed by atoms with van der Waals surface area (Å²) in [6.45, 7) is 2.00. The minimum absolute atomic E-state index is 0.0304. The second-order valence-corrected chi connectivity index (χ2v) is 5.87. The summed E-state index contributed by atoms with van der Waals surface area (Å²) >= 11 is 0. The van der Waals surface area contributed by atoms with E-state index >= 15 is 0 Å². The smallest absolute Gasteiger partial charge is 0.261 e. The zero-order chi connectivity index (χ0) is 16.5. The quantitative estimate of drug-likeness (QED) is 0.789. The van der Waals surface area contributed by atoms with Gasteiger partial charge in [-0.3, -0.25) is 9.69 Å². The average Bonchev–Trinajstić information content (AvgIpc) is 2.89. The second-order valence-electron chi connectivity index (χ2n) is 5.87. The van der Waals surface area contributed by atoms with Gasteiger partial charge in [0.25, 0.3) is 5.91 Å². The first-order chi connectivity index (χ1) is 11.7. The number of nitrogens with one attached hydrogen (secondary N) is 1. The summed E-state index contributed by atoms with van der Waals surface area (Å²) < 4.78 is 0. The molecule has 0 aliphatic carbocycles. The number of hydrogen-bond donors (Lipinski definition) is 1. The number of pyridine rings is 1. The van der Waals surface area contributed by atoms with E-state index in [2.05, 4.69) is 10.3 Å². The van der Waals surface area contributed by atoms with Gasteiger partial charge in [0.2, 0.25) is 0 Å². The predicted octanol–water partition coefficient (Wildman–Crippen LogP) is 4.16. The van der Waals surface area contributed by atoms with Gasteiger partial charge in [0.05, 0.1) is 0 Å². The van der Waals surface area contributed by atoms with E-state index in [4.69, 9.17) is 0 Å². The van der Waals surface area contributed by atoms with Crippen LogP contribution >= 0.6 is 0 Å².